The molecule has 0 aromatic carbocycles. The van der Waals surface area contributed by atoms with Crippen LogP contribution in [0.3, 0.4) is 0 Å². The molecule has 0 radical (unpaired) electrons. The first-order chi connectivity index (χ1) is 15.0. The summed E-state index contributed by atoms with van der Waals surface area (Å²) in [5, 5.41) is 0. The van der Waals surface area contributed by atoms with Gasteiger partial charge in [0.15, 0.2) is 0 Å². The summed E-state index contributed by atoms with van der Waals surface area (Å²) in [7, 11) is 1.53. The normalized spacial score (nSPS) is 46.4. The Morgan fingerprint density at radius 1 is 1.03 bits per heavy atom. The van der Waals surface area contributed by atoms with Crippen LogP contribution in [0.15, 0.2) is 11.1 Å². The number of ether oxygens (including phenoxy) is 1. The van der Waals surface area contributed by atoms with Gasteiger partial charge in [-0.2, -0.15) is 0 Å². The van der Waals surface area contributed by atoms with Gasteiger partial charge in [-0.15, -0.1) is 12.8 Å². The van der Waals surface area contributed by atoms with E-state index < -0.39 is 0 Å². The van der Waals surface area contributed by atoms with Gasteiger partial charge in [-0.25, -0.2) is 0 Å². The molecule has 5 rings (SSSR count). The van der Waals surface area contributed by atoms with Crippen molar-refractivity contribution in [2.24, 2.45) is 44.8 Å². The highest BCUT2D eigenvalue weighted by atomic mass is 16.5. The fourth-order valence-corrected chi connectivity index (χ4v) is 10.5. The lowest BCUT2D eigenvalue weighted by Crippen LogP contribution is -2.47. The van der Waals surface area contributed by atoms with Gasteiger partial charge in [0.1, 0.15) is 0 Å². The number of carbonyl (C=O) groups is 1. The van der Waals surface area contributed by atoms with Gasteiger partial charge >= 0.3 is 5.97 Å². The minimum atomic E-state index is -0.0413. The molecule has 7 atom stereocenters. The molecule has 4 saturated carbocycles. The van der Waals surface area contributed by atoms with E-state index in [1.54, 1.807) is 0 Å². The first-order valence-corrected chi connectivity index (χ1v) is 13.1. The number of terminal acetylenes is 1. The topological polar surface area (TPSA) is 26.3 Å². The first-order valence-electron chi connectivity index (χ1n) is 13.1. The van der Waals surface area contributed by atoms with Gasteiger partial charge < -0.3 is 4.74 Å². The predicted molar refractivity (Wildman–Crippen MR) is 132 cm³/mol. The molecule has 178 valence electrons. The molecule has 2 nitrogen and oxygen atoms in total. The summed E-state index contributed by atoms with van der Waals surface area (Å²) in [6.45, 7) is 15.1. The van der Waals surface area contributed by atoms with Crippen LogP contribution in [0.25, 0.3) is 0 Å². The van der Waals surface area contributed by atoms with Crippen LogP contribution in [0.5, 0.6) is 0 Å². The molecule has 0 aromatic rings. The van der Waals surface area contributed by atoms with E-state index in [-0.39, 0.29) is 16.8 Å². The Hall–Kier alpha value is -1.23. The van der Waals surface area contributed by atoms with Crippen molar-refractivity contribution in [1.82, 2.24) is 0 Å². The number of hydrogen-bond acceptors (Lipinski definition) is 2. The zero-order chi connectivity index (χ0) is 23.7. The van der Waals surface area contributed by atoms with Crippen LogP contribution in [0.4, 0.5) is 0 Å². The summed E-state index contributed by atoms with van der Waals surface area (Å²) in [6, 6.07) is 0. The van der Waals surface area contributed by atoms with Crippen molar-refractivity contribution in [3.63, 3.8) is 0 Å². The third-order valence-electron chi connectivity index (χ3n) is 12.5. The van der Waals surface area contributed by atoms with Crippen LogP contribution in [-0.4, -0.2) is 13.1 Å². The van der Waals surface area contributed by atoms with E-state index >= 15 is 0 Å². The van der Waals surface area contributed by atoms with E-state index in [2.05, 4.69) is 54.4 Å². The highest BCUT2D eigenvalue weighted by Gasteiger charge is 2.81. The Labute approximate surface area is 197 Å². The van der Waals surface area contributed by atoms with Gasteiger partial charge in [0, 0.05) is 11.8 Å². The molecule has 0 N–H and O–H groups in total. The fourth-order valence-electron chi connectivity index (χ4n) is 10.5. The van der Waals surface area contributed by atoms with Crippen molar-refractivity contribution in [2.45, 2.75) is 106 Å². The van der Waals surface area contributed by atoms with Crippen molar-refractivity contribution in [2.75, 3.05) is 7.11 Å². The molecule has 5 aliphatic rings. The Morgan fingerprint density at radius 3 is 2.38 bits per heavy atom. The van der Waals surface area contributed by atoms with Crippen LogP contribution >= 0.6 is 0 Å². The molecule has 0 aromatic heterocycles. The van der Waals surface area contributed by atoms with Crippen molar-refractivity contribution < 1.29 is 9.53 Å². The lowest BCUT2D eigenvalue weighted by molar-refractivity contribution is -0.143. The molecule has 0 saturated heterocycles. The zero-order valence-electron chi connectivity index (χ0n) is 21.8. The lowest BCUT2D eigenvalue weighted by Gasteiger charge is -2.56. The highest BCUT2D eigenvalue weighted by molar-refractivity contribution is 5.69. The van der Waals surface area contributed by atoms with E-state index in [0.717, 1.165) is 11.8 Å². The van der Waals surface area contributed by atoms with Gasteiger partial charge in [-0.05, 0) is 90.8 Å². The van der Waals surface area contributed by atoms with E-state index in [4.69, 9.17) is 4.74 Å². The van der Waals surface area contributed by atoms with Crippen LogP contribution in [0, 0.1) is 57.7 Å². The molecule has 0 amide bonds. The monoisotopic (exact) mass is 438 g/mol. The standard InChI is InChI=1S/C28H44O2.C2H2/c1-18(17-23(29)30-7)25(5)14-11-20-21-9-10-22-24(3,4)12-8-13-28(22)19(2)27(21,28)16-15-26(20,25)6;1-2/h18-19,22H,8-17H2,1-7H3;1-2H/t18-,19+,22?,25?,26?,27?,28?;/m1./s1. The molecule has 0 heterocycles. The second kappa shape index (κ2) is 7.38. The van der Waals surface area contributed by atoms with Gasteiger partial charge in [-0.3, -0.25) is 4.79 Å². The predicted octanol–water partition coefficient (Wildman–Crippen LogP) is 7.57. The smallest absolute Gasteiger partial charge is 0.305 e. The fraction of sp³-hybridized carbons (Fsp3) is 0.833. The average molecular weight is 439 g/mol. The second-order valence-corrected chi connectivity index (χ2v) is 13.1. The van der Waals surface area contributed by atoms with Gasteiger partial charge in [0.05, 0.1) is 7.11 Å². The van der Waals surface area contributed by atoms with Crippen LogP contribution < -0.4 is 0 Å². The summed E-state index contributed by atoms with van der Waals surface area (Å²) < 4.78 is 5.04. The van der Waals surface area contributed by atoms with Gasteiger partial charge in [0.2, 0.25) is 0 Å². The Bertz CT molecular complexity index is 848. The SMILES string of the molecule is C#C.COC(=O)C[C@@H](C)C1(C)CCC2=C3CCC4C(C)(C)CCCC45[C@@H](C)C35CCC21C. The van der Waals surface area contributed by atoms with Crippen molar-refractivity contribution >= 4 is 5.97 Å². The maximum Gasteiger partial charge on any atom is 0.305 e. The number of fused-ring (bicyclic) bond motifs is 1. The quantitative estimate of drug-likeness (QED) is 0.258. The maximum atomic E-state index is 12.1. The molecular formula is C30H46O2. The van der Waals surface area contributed by atoms with E-state index in [0.29, 0.717) is 28.6 Å². The third kappa shape index (κ3) is 2.58. The minimum Gasteiger partial charge on any atom is -0.469 e. The summed E-state index contributed by atoms with van der Waals surface area (Å²) >= 11 is 0. The summed E-state index contributed by atoms with van der Waals surface area (Å²) in [5.41, 5.74) is 5.89. The van der Waals surface area contributed by atoms with E-state index in [1.165, 1.54) is 64.9 Å². The summed E-state index contributed by atoms with van der Waals surface area (Å²) in [6.07, 6.45) is 20.9. The second-order valence-electron chi connectivity index (χ2n) is 13.1. The first kappa shape index (κ1) is 23.9. The molecule has 32 heavy (non-hydrogen) atoms. The number of rotatable bonds is 3. The van der Waals surface area contributed by atoms with Crippen molar-refractivity contribution in [1.29, 1.82) is 0 Å². The van der Waals surface area contributed by atoms with Crippen LogP contribution in [-0.2, 0) is 9.53 Å². The highest BCUT2D eigenvalue weighted by Crippen LogP contribution is 2.88. The molecular weight excluding hydrogens is 392 g/mol. The Morgan fingerprint density at radius 2 is 1.72 bits per heavy atom. The molecule has 5 aliphatic carbocycles. The number of carbonyl (C=O) groups excluding carboxylic acids is 1. The van der Waals surface area contributed by atoms with Gasteiger partial charge in [-0.1, -0.05) is 59.1 Å². The average Bonchev–Trinajstić information content (AvgIpc) is 3.15. The van der Waals surface area contributed by atoms with Crippen LogP contribution in [0.2, 0.25) is 0 Å². The number of methoxy groups -OCH3 is 1. The van der Waals surface area contributed by atoms with Gasteiger partial charge in [0.25, 0.3) is 0 Å². The van der Waals surface area contributed by atoms with E-state index in [1.807, 2.05) is 11.1 Å². The molecule has 0 aliphatic heterocycles. The Kier molecular flexibility index (Phi) is 5.52. The maximum absolute atomic E-state index is 12.1. The van der Waals surface area contributed by atoms with Crippen molar-refractivity contribution in [3.05, 3.63) is 11.1 Å². The zero-order valence-corrected chi connectivity index (χ0v) is 21.8. The Balaban J connectivity index is 0.00000119. The molecule has 2 spiro atoms. The number of esters is 1. The minimum absolute atomic E-state index is 0.0413. The van der Waals surface area contributed by atoms with E-state index in [9.17, 15) is 4.79 Å². The third-order valence-corrected chi connectivity index (χ3v) is 12.5. The van der Waals surface area contributed by atoms with Crippen molar-refractivity contribution in [3.8, 4) is 12.8 Å². The number of hydrogen-bond donors (Lipinski definition) is 0. The molecule has 2 heteroatoms. The molecule has 0 bridgehead atoms. The summed E-state index contributed by atoms with van der Waals surface area (Å²) in [4.78, 5) is 12.1. The molecule has 5 unspecified atom stereocenters. The van der Waals surface area contributed by atoms with Crippen LogP contribution in [0.1, 0.15) is 106 Å². The number of allylic oxidation sites excluding steroid dienone is 2. The molecule has 4 fully saturated rings. The largest absolute Gasteiger partial charge is 0.469 e. The summed E-state index contributed by atoms with van der Waals surface area (Å²) in [5.74, 6) is 2.13. The lowest BCUT2D eigenvalue weighted by atomic mass is 9.49.